The van der Waals surface area contributed by atoms with Crippen molar-refractivity contribution in [1.82, 2.24) is 15.2 Å². The van der Waals surface area contributed by atoms with Crippen LogP contribution in [0.15, 0.2) is 53.2 Å². The van der Waals surface area contributed by atoms with Crippen molar-refractivity contribution >= 4 is 16.6 Å². The van der Waals surface area contributed by atoms with Crippen LogP contribution in [0.2, 0.25) is 0 Å². The molecule has 0 saturated heterocycles. The van der Waals surface area contributed by atoms with Crippen molar-refractivity contribution in [3.05, 3.63) is 58.7 Å². The summed E-state index contributed by atoms with van der Waals surface area (Å²) in [6, 6.07) is 7.47. The number of nitrogens with zero attached hydrogens (tertiary/aromatic N) is 3. The normalized spacial score (nSPS) is 17.1. The van der Waals surface area contributed by atoms with Gasteiger partial charge in [0.2, 0.25) is 0 Å². The first-order chi connectivity index (χ1) is 9.84. The molecule has 100 valence electrons. The second-order valence-corrected chi connectivity index (χ2v) is 4.63. The SMILES string of the molecule is O=c1[nH]nc(N2CC=C3C=COCN32)c2ccccc12. The Kier molecular flexibility index (Phi) is 2.29. The third kappa shape index (κ3) is 1.51. The van der Waals surface area contributed by atoms with E-state index in [0.717, 1.165) is 16.9 Å². The van der Waals surface area contributed by atoms with E-state index in [1.807, 2.05) is 34.3 Å². The van der Waals surface area contributed by atoms with Gasteiger partial charge in [-0.2, -0.15) is 5.10 Å². The van der Waals surface area contributed by atoms with Gasteiger partial charge in [0.1, 0.15) is 0 Å². The molecular weight excluding hydrogens is 256 g/mol. The van der Waals surface area contributed by atoms with Crippen molar-refractivity contribution < 1.29 is 4.74 Å². The summed E-state index contributed by atoms with van der Waals surface area (Å²) in [6.07, 6.45) is 5.70. The zero-order valence-corrected chi connectivity index (χ0v) is 10.6. The number of nitrogens with one attached hydrogen (secondary N) is 1. The summed E-state index contributed by atoms with van der Waals surface area (Å²) in [5.41, 5.74) is 0.903. The molecule has 0 bridgehead atoms. The molecule has 0 radical (unpaired) electrons. The third-order valence-electron chi connectivity index (χ3n) is 3.52. The van der Waals surface area contributed by atoms with Crippen molar-refractivity contribution in [3.8, 4) is 0 Å². The first-order valence-corrected chi connectivity index (χ1v) is 6.35. The predicted octanol–water partition coefficient (Wildman–Crippen LogP) is 1.35. The average molecular weight is 268 g/mol. The van der Waals surface area contributed by atoms with Gasteiger partial charge in [-0.1, -0.05) is 18.2 Å². The number of benzene rings is 1. The van der Waals surface area contributed by atoms with E-state index in [0.29, 0.717) is 18.7 Å². The monoisotopic (exact) mass is 268 g/mol. The van der Waals surface area contributed by atoms with E-state index in [-0.39, 0.29) is 5.56 Å². The summed E-state index contributed by atoms with van der Waals surface area (Å²) in [6.45, 7) is 1.14. The lowest BCUT2D eigenvalue weighted by atomic mass is 10.2. The molecule has 0 aliphatic carbocycles. The number of hydrogen-bond acceptors (Lipinski definition) is 5. The maximum Gasteiger partial charge on any atom is 0.272 e. The summed E-state index contributed by atoms with van der Waals surface area (Å²) in [5, 5.41) is 12.2. The molecule has 0 unspecified atom stereocenters. The molecule has 6 nitrogen and oxygen atoms in total. The zero-order chi connectivity index (χ0) is 13.5. The summed E-state index contributed by atoms with van der Waals surface area (Å²) in [7, 11) is 0. The minimum atomic E-state index is -0.175. The molecule has 3 heterocycles. The van der Waals surface area contributed by atoms with Gasteiger partial charge in [0, 0.05) is 5.39 Å². The van der Waals surface area contributed by atoms with Crippen molar-refractivity contribution in [2.75, 3.05) is 18.3 Å². The lowest BCUT2D eigenvalue weighted by Crippen LogP contribution is -2.40. The summed E-state index contributed by atoms with van der Waals surface area (Å²) in [5.74, 6) is 0.727. The van der Waals surface area contributed by atoms with Crippen molar-refractivity contribution in [3.63, 3.8) is 0 Å². The second-order valence-electron chi connectivity index (χ2n) is 4.63. The molecule has 4 rings (SSSR count). The lowest BCUT2D eigenvalue weighted by Gasteiger charge is -2.33. The van der Waals surface area contributed by atoms with Crippen LogP contribution in [0.25, 0.3) is 10.8 Å². The Morgan fingerprint density at radius 2 is 2.05 bits per heavy atom. The third-order valence-corrected chi connectivity index (χ3v) is 3.52. The molecule has 0 fully saturated rings. The number of H-pyrrole nitrogens is 1. The van der Waals surface area contributed by atoms with E-state index < -0.39 is 0 Å². The van der Waals surface area contributed by atoms with E-state index in [4.69, 9.17) is 4.74 Å². The molecular formula is C14H12N4O2. The number of aromatic amines is 1. The van der Waals surface area contributed by atoms with Gasteiger partial charge in [-0.05, 0) is 18.2 Å². The highest BCUT2D eigenvalue weighted by Crippen LogP contribution is 2.29. The summed E-state index contributed by atoms with van der Waals surface area (Å²) < 4.78 is 5.33. The quantitative estimate of drug-likeness (QED) is 0.845. The van der Waals surface area contributed by atoms with Gasteiger partial charge in [0.25, 0.3) is 5.56 Å². The maximum atomic E-state index is 11.8. The lowest BCUT2D eigenvalue weighted by molar-refractivity contribution is 0.107. The van der Waals surface area contributed by atoms with Crippen LogP contribution in [0.5, 0.6) is 0 Å². The highest BCUT2D eigenvalue weighted by atomic mass is 16.5. The second kappa shape index (κ2) is 4.12. The Labute approximate surface area is 114 Å². The molecule has 20 heavy (non-hydrogen) atoms. The standard InChI is InChI=1S/C14H12N4O2/c19-14-12-4-2-1-3-11(12)13(15-16-14)17-7-5-10-6-8-20-9-18(10)17/h1-6,8H,7,9H2,(H,16,19). The van der Waals surface area contributed by atoms with E-state index in [2.05, 4.69) is 16.3 Å². The first-order valence-electron chi connectivity index (χ1n) is 6.35. The van der Waals surface area contributed by atoms with Crippen LogP contribution in [-0.4, -0.2) is 28.5 Å². The number of rotatable bonds is 1. The van der Waals surface area contributed by atoms with Crippen LogP contribution in [0.1, 0.15) is 0 Å². The Hall–Kier alpha value is -2.76. The van der Waals surface area contributed by atoms with Gasteiger partial charge < -0.3 is 4.74 Å². The van der Waals surface area contributed by atoms with Gasteiger partial charge in [0.15, 0.2) is 12.5 Å². The van der Waals surface area contributed by atoms with E-state index >= 15 is 0 Å². The van der Waals surface area contributed by atoms with E-state index in [9.17, 15) is 4.79 Å². The number of ether oxygens (including phenoxy) is 1. The number of allylic oxidation sites excluding steroid dienone is 1. The van der Waals surface area contributed by atoms with E-state index in [1.54, 1.807) is 12.3 Å². The topological polar surface area (TPSA) is 61.5 Å². The predicted molar refractivity (Wildman–Crippen MR) is 74.7 cm³/mol. The molecule has 2 aromatic rings. The van der Waals surface area contributed by atoms with Gasteiger partial charge in [-0.25, -0.2) is 10.1 Å². The van der Waals surface area contributed by atoms with Crippen molar-refractivity contribution in [1.29, 1.82) is 0 Å². The molecule has 0 saturated carbocycles. The fourth-order valence-electron chi connectivity index (χ4n) is 2.55. The minimum absolute atomic E-state index is 0.175. The molecule has 0 amide bonds. The first kappa shape index (κ1) is 11.1. The van der Waals surface area contributed by atoms with Gasteiger partial charge in [-0.3, -0.25) is 9.80 Å². The molecule has 0 atom stereocenters. The Bertz CT molecular complexity index is 793. The summed E-state index contributed by atoms with van der Waals surface area (Å²) >= 11 is 0. The van der Waals surface area contributed by atoms with E-state index in [1.165, 1.54) is 0 Å². The number of hydrogen-bond donors (Lipinski definition) is 1. The Morgan fingerprint density at radius 3 is 2.95 bits per heavy atom. The minimum Gasteiger partial charge on any atom is -0.479 e. The van der Waals surface area contributed by atoms with Crippen LogP contribution >= 0.6 is 0 Å². The summed E-state index contributed by atoms with van der Waals surface area (Å²) in [4.78, 5) is 11.8. The number of anilines is 1. The highest BCUT2D eigenvalue weighted by Gasteiger charge is 2.27. The Balaban J connectivity index is 1.86. The average Bonchev–Trinajstić information content (AvgIpc) is 2.92. The molecule has 2 aliphatic rings. The molecule has 0 spiro atoms. The molecule has 1 N–H and O–H groups in total. The Morgan fingerprint density at radius 1 is 1.20 bits per heavy atom. The van der Waals surface area contributed by atoms with Gasteiger partial charge >= 0.3 is 0 Å². The largest absolute Gasteiger partial charge is 0.479 e. The molecule has 6 heteroatoms. The molecule has 1 aromatic carbocycles. The van der Waals surface area contributed by atoms with Gasteiger partial charge in [-0.15, -0.1) is 0 Å². The highest BCUT2D eigenvalue weighted by molar-refractivity contribution is 5.91. The molecule has 1 aromatic heterocycles. The fraction of sp³-hybridized carbons (Fsp3) is 0.143. The van der Waals surface area contributed by atoms with Crippen molar-refractivity contribution in [2.45, 2.75) is 0 Å². The number of fused-ring (bicyclic) bond motifs is 2. The van der Waals surface area contributed by atoms with Crippen molar-refractivity contribution in [2.24, 2.45) is 0 Å². The number of hydrazine groups is 1. The fourth-order valence-corrected chi connectivity index (χ4v) is 2.55. The van der Waals surface area contributed by atoms with Crippen LogP contribution in [0, 0.1) is 0 Å². The zero-order valence-electron chi connectivity index (χ0n) is 10.6. The number of aromatic nitrogens is 2. The van der Waals surface area contributed by atoms with Crippen LogP contribution in [0.3, 0.4) is 0 Å². The smallest absolute Gasteiger partial charge is 0.272 e. The van der Waals surface area contributed by atoms with Crippen LogP contribution in [-0.2, 0) is 4.74 Å². The van der Waals surface area contributed by atoms with Gasteiger partial charge in [0.05, 0.1) is 23.9 Å². The van der Waals surface area contributed by atoms with Crippen LogP contribution < -0.4 is 10.6 Å². The molecule has 2 aliphatic heterocycles. The van der Waals surface area contributed by atoms with Crippen LogP contribution in [0.4, 0.5) is 5.82 Å². The maximum absolute atomic E-state index is 11.8.